The molecule has 0 saturated heterocycles. The van der Waals surface area contributed by atoms with E-state index in [1.165, 1.54) is 46.7 Å². The molecule has 12 rings (SSSR count). The zero-order valence-electron chi connectivity index (χ0n) is 54.5. The maximum atomic E-state index is 4.21. The van der Waals surface area contributed by atoms with Crippen molar-refractivity contribution >= 4 is 54.6 Å². The molecule has 0 spiro atoms. The predicted octanol–water partition coefficient (Wildman–Crippen LogP) is 22.6. The van der Waals surface area contributed by atoms with Crippen molar-refractivity contribution in [2.45, 2.75) is 165 Å². The van der Waals surface area contributed by atoms with Crippen LogP contribution in [-0.4, -0.2) is 44.9 Å². The molecule has 1 aliphatic carbocycles. The van der Waals surface area contributed by atoms with Gasteiger partial charge < -0.3 is 0 Å². The largest absolute Gasteiger partial charge is 0.256 e. The monoisotopic (exact) mass is 1160 g/mol. The number of hydrogen-bond acceptors (Lipinski definition) is 9. The predicted molar refractivity (Wildman–Crippen MR) is 380 cm³/mol. The minimum absolute atomic E-state index is 0. The fourth-order valence-electron chi connectivity index (χ4n) is 6.30. The molecule has 0 unspecified atom stereocenters. The van der Waals surface area contributed by atoms with Crippen molar-refractivity contribution in [3.63, 3.8) is 0 Å². The SMILES string of the molecule is C.C.CC(C)C.CC(C)C.CC(C)C.CC(C)C.CC(C)C.CC(C)C.c1ccc2ncccc2c1.c1ccc2ncccc2c1.c1ccc2ncccc2c1.c1ccc2ncncc2c1.c1cnc2cccnc2c1.c1ncc2c(n1)CCCC2. The lowest BCUT2D eigenvalue weighted by molar-refractivity contribution is 0.662. The van der Waals surface area contributed by atoms with Crippen LogP contribution in [0.15, 0.2) is 214 Å². The summed E-state index contributed by atoms with van der Waals surface area (Å²) in [5.41, 5.74) is 8.70. The Balaban J connectivity index is 0. The number of hydrogen-bond donors (Lipinski definition) is 0. The van der Waals surface area contributed by atoms with Crippen molar-refractivity contribution in [3.8, 4) is 0 Å². The summed E-state index contributed by atoms with van der Waals surface area (Å²) in [5.74, 6) is 5.00. The highest BCUT2D eigenvalue weighted by Gasteiger charge is 2.08. The van der Waals surface area contributed by atoms with Crippen LogP contribution in [0.4, 0.5) is 0 Å². The normalized spacial score (nSPS) is 10.2. The van der Waals surface area contributed by atoms with Crippen LogP contribution >= 0.6 is 0 Å². The van der Waals surface area contributed by atoms with Crippen molar-refractivity contribution < 1.29 is 0 Å². The maximum Gasteiger partial charge on any atom is 0.116 e. The van der Waals surface area contributed by atoms with Gasteiger partial charge in [-0.05, 0) is 133 Å². The second-order valence-electron chi connectivity index (χ2n) is 23.8. The van der Waals surface area contributed by atoms with E-state index in [0.717, 1.165) is 80.4 Å². The second kappa shape index (κ2) is 50.4. The van der Waals surface area contributed by atoms with Crippen molar-refractivity contribution in [2.24, 2.45) is 35.5 Å². The average Bonchev–Trinajstić information content (AvgIpc) is 3.56. The molecule has 0 radical (unpaired) electrons. The van der Waals surface area contributed by atoms with E-state index in [2.05, 4.69) is 206 Å². The smallest absolute Gasteiger partial charge is 0.116 e. The summed E-state index contributed by atoms with van der Waals surface area (Å²) in [4.78, 5) is 36.9. The first kappa shape index (κ1) is 80.2. The van der Waals surface area contributed by atoms with Gasteiger partial charge in [-0.25, -0.2) is 19.9 Å². The Kier molecular flexibility index (Phi) is 47.0. The molecular formula is C77H111N9. The summed E-state index contributed by atoms with van der Waals surface area (Å²) in [6.45, 7) is 39.0. The van der Waals surface area contributed by atoms with Crippen LogP contribution in [-0.2, 0) is 12.8 Å². The van der Waals surface area contributed by atoms with Gasteiger partial charge in [0.1, 0.15) is 12.7 Å². The molecule has 4 aromatic carbocycles. The van der Waals surface area contributed by atoms with Crippen molar-refractivity contribution in [1.29, 1.82) is 0 Å². The molecule has 0 saturated carbocycles. The van der Waals surface area contributed by atoms with Gasteiger partial charge in [0.2, 0.25) is 0 Å². The Labute approximate surface area is 522 Å². The molecule has 0 N–H and O–H groups in total. The third kappa shape index (κ3) is 42.8. The van der Waals surface area contributed by atoms with Gasteiger partial charge >= 0.3 is 0 Å². The first-order valence-corrected chi connectivity index (χ1v) is 30.2. The zero-order chi connectivity index (χ0) is 62.3. The zero-order valence-corrected chi connectivity index (χ0v) is 54.5. The number of pyridine rings is 5. The number of fused-ring (bicyclic) bond motifs is 6. The van der Waals surface area contributed by atoms with Gasteiger partial charge in [0.15, 0.2) is 0 Å². The van der Waals surface area contributed by atoms with E-state index in [0.29, 0.717) is 0 Å². The third-order valence-corrected chi connectivity index (χ3v) is 9.31. The highest BCUT2D eigenvalue weighted by molar-refractivity contribution is 5.79. The molecule has 0 atom stereocenters. The van der Waals surface area contributed by atoms with E-state index in [-0.39, 0.29) is 14.9 Å². The molecule has 0 amide bonds. The molecule has 9 heteroatoms. The summed E-state index contributed by atoms with van der Waals surface area (Å²) < 4.78 is 0. The quantitative estimate of drug-likeness (QED) is 0.146. The van der Waals surface area contributed by atoms with Gasteiger partial charge in [0, 0.05) is 70.6 Å². The van der Waals surface area contributed by atoms with Crippen molar-refractivity contribution in [2.75, 3.05) is 0 Å². The Hall–Kier alpha value is -7.91. The molecule has 0 fully saturated rings. The summed E-state index contributed by atoms with van der Waals surface area (Å²) in [6.07, 6.45) is 20.8. The molecule has 11 aromatic rings. The Morgan fingerprint density at radius 2 is 0.500 bits per heavy atom. The lowest BCUT2D eigenvalue weighted by Gasteiger charge is -2.11. The summed E-state index contributed by atoms with van der Waals surface area (Å²) >= 11 is 0. The molecule has 1 aliphatic rings. The van der Waals surface area contributed by atoms with Gasteiger partial charge in [-0.1, -0.05) is 230 Å². The van der Waals surface area contributed by atoms with Gasteiger partial charge in [-0.2, -0.15) is 0 Å². The summed E-state index contributed by atoms with van der Waals surface area (Å²) in [6, 6.07) is 51.8. The van der Waals surface area contributed by atoms with E-state index >= 15 is 0 Å². The number of benzene rings is 4. The van der Waals surface area contributed by atoms with Crippen LogP contribution in [0.5, 0.6) is 0 Å². The summed E-state index contributed by atoms with van der Waals surface area (Å²) in [5, 5.41) is 4.69. The molecule has 0 bridgehead atoms. The minimum atomic E-state index is 0. The molecule has 86 heavy (non-hydrogen) atoms. The second-order valence-corrected chi connectivity index (χ2v) is 23.8. The van der Waals surface area contributed by atoms with Gasteiger partial charge in [-0.3, -0.25) is 24.9 Å². The first-order valence-electron chi connectivity index (χ1n) is 30.2. The van der Waals surface area contributed by atoms with Crippen molar-refractivity contribution in [3.05, 3.63) is 225 Å². The van der Waals surface area contributed by atoms with Crippen molar-refractivity contribution in [1.82, 2.24) is 44.9 Å². The first-order chi connectivity index (χ1) is 40.2. The maximum absolute atomic E-state index is 4.21. The lowest BCUT2D eigenvalue weighted by atomic mass is 9.98. The highest BCUT2D eigenvalue weighted by Crippen LogP contribution is 2.17. The molecule has 7 aromatic heterocycles. The van der Waals surface area contributed by atoms with Crippen LogP contribution in [0.3, 0.4) is 0 Å². The number of aryl methyl sites for hydroxylation is 2. The number of aromatic nitrogens is 9. The summed E-state index contributed by atoms with van der Waals surface area (Å²) in [7, 11) is 0. The molecule has 464 valence electrons. The Morgan fingerprint density at radius 1 is 0.256 bits per heavy atom. The van der Waals surface area contributed by atoms with E-state index in [1.807, 2.05) is 152 Å². The topological polar surface area (TPSA) is 116 Å². The average molecular weight is 1160 g/mol. The fraction of sp³-hybridized carbons (Fsp3) is 0.390. The number of para-hydroxylation sites is 4. The van der Waals surface area contributed by atoms with Crippen LogP contribution in [0.1, 0.15) is 164 Å². The van der Waals surface area contributed by atoms with Gasteiger partial charge in [-0.15, -0.1) is 0 Å². The van der Waals surface area contributed by atoms with E-state index in [9.17, 15) is 0 Å². The molecule has 9 nitrogen and oxygen atoms in total. The van der Waals surface area contributed by atoms with E-state index in [4.69, 9.17) is 0 Å². The number of rotatable bonds is 0. The van der Waals surface area contributed by atoms with E-state index in [1.54, 1.807) is 25.0 Å². The lowest BCUT2D eigenvalue weighted by Crippen LogP contribution is -2.04. The molecule has 0 aliphatic heterocycles. The van der Waals surface area contributed by atoms with E-state index < -0.39 is 0 Å². The third-order valence-electron chi connectivity index (χ3n) is 9.31. The Morgan fingerprint density at radius 3 is 0.826 bits per heavy atom. The van der Waals surface area contributed by atoms with Gasteiger partial charge in [0.25, 0.3) is 0 Å². The van der Waals surface area contributed by atoms with Crippen LogP contribution in [0.25, 0.3) is 54.6 Å². The fourth-order valence-corrected chi connectivity index (χ4v) is 6.30. The van der Waals surface area contributed by atoms with Crippen LogP contribution < -0.4 is 0 Å². The van der Waals surface area contributed by atoms with Crippen LogP contribution in [0.2, 0.25) is 0 Å². The molecular weight excluding hydrogens is 1050 g/mol. The Bertz CT molecular complexity index is 2490. The molecule has 7 heterocycles. The minimum Gasteiger partial charge on any atom is -0.256 e. The highest BCUT2D eigenvalue weighted by atomic mass is 14.8. The van der Waals surface area contributed by atoms with Gasteiger partial charge in [0.05, 0.1) is 33.1 Å². The number of nitrogens with zero attached hydrogens (tertiary/aromatic N) is 9. The van der Waals surface area contributed by atoms with Crippen LogP contribution in [0, 0.1) is 35.5 Å². The standard InChI is InChI=1S/3C9H7N.C8H6N2.C8H10N2.C8H6N2.6C4H10.2CH4/c3*1-2-6-9-8(4-1)5-3-7-10-9;1-3-7-8(9-5-1)4-2-6-10-7;2*1-2-4-8-7(3-1)5-9-6-10-8;6*1-4(2)3;;/h3*1-7H;1-6H;5-6H,1-4H2;1-6H;6*4H,1-3H3;2*1H4.